The van der Waals surface area contributed by atoms with E-state index in [9.17, 15) is 0 Å². The molecule has 1 atom stereocenters. The van der Waals surface area contributed by atoms with Crippen LogP contribution in [0.5, 0.6) is 0 Å². The van der Waals surface area contributed by atoms with E-state index < -0.39 is 0 Å². The van der Waals surface area contributed by atoms with Gasteiger partial charge in [0.05, 0.1) is 32.1 Å². The van der Waals surface area contributed by atoms with Crippen LogP contribution in [0.3, 0.4) is 0 Å². The van der Waals surface area contributed by atoms with E-state index >= 15 is 0 Å². The van der Waals surface area contributed by atoms with Crippen LogP contribution in [0.15, 0.2) is 27.8 Å². The van der Waals surface area contributed by atoms with Gasteiger partial charge in [0.15, 0.2) is 5.96 Å². The standard InChI is InChI=1S/C23H38N4O3/c1-2-9-23(10-3-1,27-12-16-28-17-13-27)19-26-22(25-18-21-7-5-15-30-21)24-11-8-20-6-4-14-29-20/h4,6,14,21H,1-3,5,7-13,15-19H2,(H2,24,25,26). The summed E-state index contributed by atoms with van der Waals surface area (Å²) in [5.41, 5.74) is 0.182. The Morgan fingerprint density at radius 2 is 1.97 bits per heavy atom. The van der Waals surface area contributed by atoms with Crippen LogP contribution in [-0.4, -0.2) is 75.0 Å². The van der Waals surface area contributed by atoms with E-state index in [1.807, 2.05) is 12.1 Å². The van der Waals surface area contributed by atoms with Gasteiger partial charge in [-0.25, -0.2) is 0 Å². The second kappa shape index (κ2) is 11.2. The third-order valence-corrected chi connectivity index (χ3v) is 6.76. The zero-order valence-corrected chi connectivity index (χ0v) is 18.2. The zero-order chi connectivity index (χ0) is 20.5. The van der Waals surface area contributed by atoms with Crippen molar-refractivity contribution in [2.24, 2.45) is 4.99 Å². The molecule has 2 N–H and O–H groups in total. The molecule has 4 rings (SSSR count). The second-order valence-electron chi connectivity index (χ2n) is 8.82. The summed E-state index contributed by atoms with van der Waals surface area (Å²) in [4.78, 5) is 7.75. The first-order valence-electron chi connectivity index (χ1n) is 11.8. The molecule has 0 amide bonds. The van der Waals surface area contributed by atoms with Gasteiger partial charge in [0, 0.05) is 44.7 Å². The molecule has 168 valence electrons. The smallest absolute Gasteiger partial charge is 0.191 e. The number of morpholine rings is 1. The van der Waals surface area contributed by atoms with Crippen molar-refractivity contribution in [1.29, 1.82) is 0 Å². The predicted molar refractivity (Wildman–Crippen MR) is 118 cm³/mol. The molecule has 0 spiro atoms. The van der Waals surface area contributed by atoms with Crippen molar-refractivity contribution in [3.8, 4) is 0 Å². The van der Waals surface area contributed by atoms with Crippen molar-refractivity contribution < 1.29 is 13.9 Å². The Bertz CT molecular complexity index is 631. The Balaban J connectivity index is 1.39. The molecule has 0 radical (unpaired) electrons. The van der Waals surface area contributed by atoms with Gasteiger partial charge in [-0.05, 0) is 37.8 Å². The first-order chi connectivity index (χ1) is 14.8. The van der Waals surface area contributed by atoms with Gasteiger partial charge in [-0.3, -0.25) is 9.89 Å². The minimum absolute atomic E-state index is 0.182. The summed E-state index contributed by atoms with van der Waals surface area (Å²) >= 11 is 0. The molecule has 1 aromatic rings. The summed E-state index contributed by atoms with van der Waals surface area (Å²) in [6, 6.07) is 3.96. The van der Waals surface area contributed by atoms with Crippen LogP contribution in [0.4, 0.5) is 0 Å². The van der Waals surface area contributed by atoms with E-state index in [1.54, 1.807) is 6.26 Å². The van der Waals surface area contributed by atoms with E-state index in [0.29, 0.717) is 6.10 Å². The summed E-state index contributed by atoms with van der Waals surface area (Å²) in [6.07, 6.45) is 11.6. The minimum Gasteiger partial charge on any atom is -0.469 e. The number of guanidine groups is 1. The molecule has 30 heavy (non-hydrogen) atoms. The maximum atomic E-state index is 5.79. The largest absolute Gasteiger partial charge is 0.469 e. The maximum Gasteiger partial charge on any atom is 0.191 e. The van der Waals surface area contributed by atoms with Gasteiger partial charge >= 0.3 is 0 Å². The van der Waals surface area contributed by atoms with Gasteiger partial charge in [-0.2, -0.15) is 0 Å². The summed E-state index contributed by atoms with van der Waals surface area (Å²) in [6.45, 7) is 7.08. The SMILES string of the molecule is c1coc(CCNC(=NCC2(N3CCOCC3)CCCCC2)NCC2CCCO2)c1. The van der Waals surface area contributed by atoms with Crippen LogP contribution >= 0.6 is 0 Å². The molecule has 3 fully saturated rings. The van der Waals surface area contributed by atoms with Gasteiger partial charge in [-0.15, -0.1) is 0 Å². The third-order valence-electron chi connectivity index (χ3n) is 6.76. The highest BCUT2D eigenvalue weighted by Gasteiger charge is 2.38. The Morgan fingerprint density at radius 1 is 1.10 bits per heavy atom. The number of nitrogens with zero attached hydrogens (tertiary/aromatic N) is 2. The lowest BCUT2D eigenvalue weighted by Gasteiger charge is -2.47. The molecular formula is C23H38N4O3. The first-order valence-corrected chi connectivity index (χ1v) is 11.8. The number of ether oxygens (including phenoxy) is 2. The maximum absolute atomic E-state index is 5.79. The summed E-state index contributed by atoms with van der Waals surface area (Å²) < 4.78 is 16.9. The molecule has 1 saturated carbocycles. The first kappa shape index (κ1) is 21.7. The van der Waals surface area contributed by atoms with Crippen molar-refractivity contribution >= 4 is 5.96 Å². The fraction of sp³-hybridized carbons (Fsp3) is 0.783. The van der Waals surface area contributed by atoms with Crippen molar-refractivity contribution in [2.75, 3.05) is 52.5 Å². The highest BCUT2D eigenvalue weighted by Crippen LogP contribution is 2.34. The monoisotopic (exact) mass is 418 g/mol. The van der Waals surface area contributed by atoms with Gasteiger partial charge in [0.1, 0.15) is 5.76 Å². The van der Waals surface area contributed by atoms with Crippen LogP contribution in [-0.2, 0) is 15.9 Å². The highest BCUT2D eigenvalue weighted by molar-refractivity contribution is 5.79. The fourth-order valence-corrected chi connectivity index (χ4v) is 5.00. The Labute approximate surface area is 180 Å². The number of aliphatic imine (C=N–C) groups is 1. The van der Waals surface area contributed by atoms with E-state index in [1.165, 1.54) is 32.1 Å². The van der Waals surface area contributed by atoms with Crippen molar-refractivity contribution in [2.45, 2.75) is 63.0 Å². The van der Waals surface area contributed by atoms with Crippen LogP contribution in [0, 0.1) is 0 Å². The highest BCUT2D eigenvalue weighted by atomic mass is 16.5. The number of hydrogen-bond donors (Lipinski definition) is 2. The average Bonchev–Trinajstić information content (AvgIpc) is 3.51. The van der Waals surface area contributed by atoms with Gasteiger partial charge in [0.25, 0.3) is 0 Å². The van der Waals surface area contributed by atoms with Crippen LogP contribution in [0.1, 0.15) is 50.7 Å². The van der Waals surface area contributed by atoms with Gasteiger partial charge in [0.2, 0.25) is 0 Å². The lowest BCUT2D eigenvalue weighted by molar-refractivity contribution is -0.0333. The molecule has 0 bridgehead atoms. The Kier molecular flexibility index (Phi) is 8.06. The van der Waals surface area contributed by atoms with Crippen molar-refractivity contribution in [3.05, 3.63) is 24.2 Å². The van der Waals surface area contributed by atoms with E-state index in [4.69, 9.17) is 18.9 Å². The molecule has 1 aromatic heterocycles. The molecule has 2 saturated heterocycles. The molecule has 3 aliphatic rings. The second-order valence-corrected chi connectivity index (χ2v) is 8.82. The zero-order valence-electron chi connectivity index (χ0n) is 18.2. The molecule has 7 heteroatoms. The lowest BCUT2D eigenvalue weighted by atomic mass is 9.80. The van der Waals surface area contributed by atoms with Crippen molar-refractivity contribution in [1.82, 2.24) is 15.5 Å². The number of furan rings is 1. The molecule has 1 aliphatic carbocycles. The van der Waals surface area contributed by atoms with Gasteiger partial charge < -0.3 is 24.5 Å². The molecule has 2 aliphatic heterocycles. The van der Waals surface area contributed by atoms with E-state index in [0.717, 1.165) is 83.5 Å². The molecule has 1 unspecified atom stereocenters. The van der Waals surface area contributed by atoms with Crippen LogP contribution < -0.4 is 10.6 Å². The normalized spacial score (nSPS) is 25.3. The molecule has 7 nitrogen and oxygen atoms in total. The van der Waals surface area contributed by atoms with Crippen LogP contribution in [0.25, 0.3) is 0 Å². The number of nitrogens with one attached hydrogen (secondary N) is 2. The quantitative estimate of drug-likeness (QED) is 0.499. The average molecular weight is 419 g/mol. The third kappa shape index (κ3) is 5.99. The predicted octanol–water partition coefficient (Wildman–Crippen LogP) is 2.57. The number of rotatable bonds is 8. The summed E-state index contributed by atoms with van der Waals surface area (Å²) in [5, 5.41) is 7.06. The van der Waals surface area contributed by atoms with E-state index in [2.05, 4.69) is 15.5 Å². The molecule has 3 heterocycles. The molecule has 0 aromatic carbocycles. The van der Waals surface area contributed by atoms with Crippen LogP contribution in [0.2, 0.25) is 0 Å². The Hall–Kier alpha value is -1.57. The topological polar surface area (TPSA) is 71.3 Å². The lowest BCUT2D eigenvalue weighted by Crippen LogP contribution is -2.56. The van der Waals surface area contributed by atoms with Crippen molar-refractivity contribution in [3.63, 3.8) is 0 Å². The summed E-state index contributed by atoms with van der Waals surface area (Å²) in [5.74, 6) is 1.90. The number of hydrogen-bond acceptors (Lipinski definition) is 5. The van der Waals surface area contributed by atoms with Gasteiger partial charge in [-0.1, -0.05) is 19.3 Å². The van der Waals surface area contributed by atoms with E-state index in [-0.39, 0.29) is 5.54 Å². The minimum atomic E-state index is 0.182. The fourth-order valence-electron chi connectivity index (χ4n) is 5.00. The molecular weight excluding hydrogens is 380 g/mol. The summed E-state index contributed by atoms with van der Waals surface area (Å²) in [7, 11) is 0. The Morgan fingerprint density at radius 3 is 2.70 bits per heavy atom.